The van der Waals surface area contributed by atoms with Crippen LogP contribution in [0, 0.1) is 16.7 Å². The average molecular weight is 318 g/mol. The number of benzene rings is 1. The molecule has 0 aromatic heterocycles. The highest BCUT2D eigenvalue weighted by Gasteiger charge is 2.54. The lowest BCUT2D eigenvalue weighted by Gasteiger charge is -2.41. The second kappa shape index (κ2) is 6.22. The van der Waals surface area contributed by atoms with Crippen molar-refractivity contribution in [2.24, 2.45) is 16.7 Å². The fourth-order valence-corrected chi connectivity index (χ4v) is 3.36. The van der Waals surface area contributed by atoms with Crippen LogP contribution in [0.3, 0.4) is 0 Å². The van der Waals surface area contributed by atoms with Crippen LogP contribution in [0.2, 0.25) is 0 Å². The zero-order valence-corrected chi connectivity index (χ0v) is 14.1. The van der Waals surface area contributed by atoms with E-state index in [2.05, 4.69) is 5.32 Å². The van der Waals surface area contributed by atoms with Crippen molar-refractivity contribution >= 4 is 17.6 Å². The summed E-state index contributed by atoms with van der Waals surface area (Å²) in [6.45, 7) is 7.83. The molecule has 5 heteroatoms. The van der Waals surface area contributed by atoms with Crippen molar-refractivity contribution in [1.29, 1.82) is 0 Å². The van der Waals surface area contributed by atoms with Gasteiger partial charge in [-0.05, 0) is 49.4 Å². The Morgan fingerprint density at radius 1 is 1.26 bits per heavy atom. The lowest BCUT2D eigenvalue weighted by Crippen LogP contribution is -2.49. The molecule has 0 aliphatic heterocycles. The zero-order chi connectivity index (χ0) is 17.3. The molecular formula is C18H24NO4-. The van der Waals surface area contributed by atoms with Gasteiger partial charge in [0.05, 0.1) is 6.61 Å². The smallest absolute Gasteiger partial charge is 0.228 e. The van der Waals surface area contributed by atoms with Gasteiger partial charge in [-0.1, -0.05) is 20.8 Å². The number of carboxylic acid groups (broad SMARTS) is 1. The minimum absolute atomic E-state index is 0.149. The number of carboxylic acids is 1. The van der Waals surface area contributed by atoms with Crippen LogP contribution in [-0.2, 0) is 9.59 Å². The average Bonchev–Trinajstić information content (AvgIpc) is 2.73. The van der Waals surface area contributed by atoms with Crippen molar-refractivity contribution in [2.45, 2.75) is 40.5 Å². The van der Waals surface area contributed by atoms with Crippen LogP contribution in [0.1, 0.15) is 40.5 Å². The second-order valence-electron chi connectivity index (χ2n) is 6.88. The topological polar surface area (TPSA) is 78.5 Å². The number of hydrogen-bond acceptors (Lipinski definition) is 4. The highest BCUT2D eigenvalue weighted by molar-refractivity contribution is 5.94. The number of carbonyl (C=O) groups excluding carboxylic acids is 2. The Balaban J connectivity index is 2.11. The maximum absolute atomic E-state index is 12.6. The molecule has 2 atom stereocenters. The Bertz CT molecular complexity index is 594. The van der Waals surface area contributed by atoms with Gasteiger partial charge in [-0.25, -0.2) is 0 Å². The van der Waals surface area contributed by atoms with Crippen LogP contribution in [0.25, 0.3) is 0 Å². The summed E-state index contributed by atoms with van der Waals surface area (Å²) in [4.78, 5) is 24.1. The Kier molecular flexibility index (Phi) is 4.68. The highest BCUT2D eigenvalue weighted by atomic mass is 16.5. The normalized spacial score (nSPS) is 25.8. The SMILES string of the molecule is CCOc1ccc(NC(=O)[C@@H]2CC[C@](C)(C(=O)[O-])C2(C)C)cc1. The predicted molar refractivity (Wildman–Crippen MR) is 85.9 cm³/mol. The van der Waals surface area contributed by atoms with E-state index in [1.54, 1.807) is 31.2 Å². The summed E-state index contributed by atoms with van der Waals surface area (Å²) in [5, 5.41) is 14.4. The van der Waals surface area contributed by atoms with Crippen molar-refractivity contribution < 1.29 is 19.4 Å². The van der Waals surface area contributed by atoms with E-state index in [9.17, 15) is 14.7 Å². The summed E-state index contributed by atoms with van der Waals surface area (Å²) in [5.41, 5.74) is -0.981. The lowest BCUT2D eigenvalue weighted by molar-refractivity contribution is -0.323. The van der Waals surface area contributed by atoms with E-state index in [0.717, 1.165) is 5.75 Å². The fraction of sp³-hybridized carbons (Fsp3) is 0.556. The van der Waals surface area contributed by atoms with Gasteiger partial charge in [0.1, 0.15) is 5.75 Å². The molecule has 2 rings (SSSR count). The van der Waals surface area contributed by atoms with Gasteiger partial charge in [0.25, 0.3) is 0 Å². The quantitative estimate of drug-likeness (QED) is 0.903. The van der Waals surface area contributed by atoms with Crippen LogP contribution < -0.4 is 15.2 Å². The maximum atomic E-state index is 12.6. The molecule has 5 nitrogen and oxygen atoms in total. The summed E-state index contributed by atoms with van der Waals surface area (Å²) in [5.74, 6) is -0.851. The Hall–Kier alpha value is -2.04. The molecule has 0 radical (unpaired) electrons. The minimum atomic E-state index is -1.08. The number of aliphatic carboxylic acids is 1. The fourth-order valence-electron chi connectivity index (χ4n) is 3.36. The van der Waals surface area contributed by atoms with Crippen molar-refractivity contribution in [3.8, 4) is 5.75 Å². The molecule has 0 saturated heterocycles. The molecule has 0 unspecified atom stereocenters. The van der Waals surface area contributed by atoms with Gasteiger partial charge in [0.2, 0.25) is 5.91 Å². The van der Waals surface area contributed by atoms with E-state index >= 15 is 0 Å². The number of anilines is 1. The molecule has 1 aliphatic carbocycles. The van der Waals surface area contributed by atoms with Crippen molar-refractivity contribution in [1.82, 2.24) is 0 Å². The first-order chi connectivity index (χ1) is 10.7. The number of carbonyl (C=O) groups is 2. The van der Waals surface area contributed by atoms with Crippen LogP contribution in [0.4, 0.5) is 5.69 Å². The summed E-state index contributed by atoms with van der Waals surface area (Å²) in [6, 6.07) is 7.15. The van der Waals surface area contributed by atoms with E-state index < -0.39 is 16.8 Å². The van der Waals surface area contributed by atoms with E-state index in [-0.39, 0.29) is 11.8 Å². The molecule has 0 heterocycles. The van der Waals surface area contributed by atoms with E-state index in [1.165, 1.54) is 0 Å². The number of rotatable bonds is 5. The Labute approximate surface area is 137 Å². The van der Waals surface area contributed by atoms with Crippen molar-refractivity contribution in [3.63, 3.8) is 0 Å². The molecule has 1 aromatic rings. The zero-order valence-electron chi connectivity index (χ0n) is 14.1. The van der Waals surface area contributed by atoms with Gasteiger partial charge < -0.3 is 20.0 Å². The molecule has 1 saturated carbocycles. The lowest BCUT2D eigenvalue weighted by atomic mass is 9.65. The third kappa shape index (κ3) is 3.05. The van der Waals surface area contributed by atoms with Crippen LogP contribution in [0.15, 0.2) is 24.3 Å². The van der Waals surface area contributed by atoms with Gasteiger partial charge in [-0.3, -0.25) is 4.79 Å². The molecular weight excluding hydrogens is 294 g/mol. The second-order valence-corrected chi connectivity index (χ2v) is 6.88. The maximum Gasteiger partial charge on any atom is 0.228 e. The van der Waals surface area contributed by atoms with Crippen LogP contribution in [0.5, 0.6) is 5.75 Å². The molecule has 0 spiro atoms. The van der Waals surface area contributed by atoms with E-state index in [0.29, 0.717) is 25.1 Å². The third-order valence-electron chi connectivity index (χ3n) is 5.43. The molecule has 1 fully saturated rings. The van der Waals surface area contributed by atoms with Crippen molar-refractivity contribution in [3.05, 3.63) is 24.3 Å². The summed E-state index contributed by atoms with van der Waals surface area (Å²) < 4.78 is 5.37. The van der Waals surface area contributed by atoms with Crippen molar-refractivity contribution in [2.75, 3.05) is 11.9 Å². The first kappa shape index (κ1) is 17.3. The predicted octanol–water partition coefficient (Wildman–Crippen LogP) is 2.22. The summed E-state index contributed by atoms with van der Waals surface area (Å²) >= 11 is 0. The molecule has 1 amide bonds. The molecule has 126 valence electrons. The monoisotopic (exact) mass is 318 g/mol. The molecule has 1 aromatic carbocycles. The van der Waals surface area contributed by atoms with Crippen LogP contribution in [-0.4, -0.2) is 18.5 Å². The first-order valence-corrected chi connectivity index (χ1v) is 7.97. The number of nitrogens with one attached hydrogen (secondary N) is 1. The number of ether oxygens (including phenoxy) is 1. The van der Waals surface area contributed by atoms with Gasteiger partial charge >= 0.3 is 0 Å². The summed E-state index contributed by atoms with van der Waals surface area (Å²) in [7, 11) is 0. The minimum Gasteiger partial charge on any atom is -0.550 e. The van der Waals surface area contributed by atoms with Crippen LogP contribution >= 0.6 is 0 Å². The first-order valence-electron chi connectivity index (χ1n) is 7.97. The van der Waals surface area contributed by atoms with E-state index in [1.807, 2.05) is 20.8 Å². The molecule has 23 heavy (non-hydrogen) atoms. The largest absolute Gasteiger partial charge is 0.550 e. The number of amides is 1. The van der Waals surface area contributed by atoms with Gasteiger partial charge in [-0.2, -0.15) is 0 Å². The number of hydrogen-bond donors (Lipinski definition) is 1. The Morgan fingerprint density at radius 3 is 2.35 bits per heavy atom. The van der Waals surface area contributed by atoms with Gasteiger partial charge in [0.15, 0.2) is 0 Å². The third-order valence-corrected chi connectivity index (χ3v) is 5.43. The van der Waals surface area contributed by atoms with Gasteiger partial charge in [0, 0.05) is 23.0 Å². The standard InChI is InChI=1S/C18H25NO4/c1-5-23-13-8-6-12(7-9-13)19-15(20)14-10-11-18(4,16(21)22)17(14,2)3/h6-9,14H,5,10-11H2,1-4H3,(H,19,20)(H,21,22)/p-1/t14-,18+/m0/s1. The summed E-state index contributed by atoms with van der Waals surface area (Å²) in [6.07, 6.45) is 0.990. The Morgan fingerprint density at radius 2 is 1.87 bits per heavy atom. The van der Waals surface area contributed by atoms with Gasteiger partial charge in [-0.15, -0.1) is 0 Å². The molecule has 0 bridgehead atoms. The highest BCUT2D eigenvalue weighted by Crippen LogP contribution is 2.55. The molecule has 1 aliphatic rings. The molecule has 1 N–H and O–H groups in total. The van der Waals surface area contributed by atoms with E-state index in [4.69, 9.17) is 4.74 Å².